The molecular weight excluding hydrogens is 212 g/mol. The minimum Gasteiger partial charge on any atom is -0.494 e. The molecular formula is C14H14N2O. The zero-order chi connectivity index (χ0) is 12.7. The van der Waals surface area contributed by atoms with Crippen molar-refractivity contribution in [2.24, 2.45) is 0 Å². The number of nitriles is 2. The highest BCUT2D eigenvalue weighted by atomic mass is 16.5. The number of hydrogen-bond acceptors (Lipinski definition) is 3. The number of nitrogens with zero attached hydrogens (tertiary/aromatic N) is 2. The lowest BCUT2D eigenvalue weighted by Gasteiger charge is -2.07. The molecule has 0 radical (unpaired) electrons. The van der Waals surface area contributed by atoms with Crippen LogP contribution >= 0.6 is 0 Å². The Balaban J connectivity index is 2.95. The Kier molecular flexibility index (Phi) is 4.78. The first-order valence-electron chi connectivity index (χ1n) is 5.46. The third-order valence-electron chi connectivity index (χ3n) is 2.25. The highest BCUT2D eigenvalue weighted by molar-refractivity contribution is 5.64. The summed E-state index contributed by atoms with van der Waals surface area (Å²) in [4.78, 5) is 0. The third-order valence-corrected chi connectivity index (χ3v) is 2.25. The van der Waals surface area contributed by atoms with Gasteiger partial charge in [-0.25, -0.2) is 0 Å². The molecule has 0 aliphatic carbocycles. The predicted octanol–water partition coefficient (Wildman–Crippen LogP) is 3.21. The second-order valence-electron chi connectivity index (χ2n) is 3.65. The molecule has 0 saturated carbocycles. The molecule has 0 aliphatic rings. The maximum atomic E-state index is 8.68. The summed E-state index contributed by atoms with van der Waals surface area (Å²) in [6, 6.07) is 9.30. The zero-order valence-electron chi connectivity index (χ0n) is 10.0. The lowest BCUT2D eigenvalue weighted by Crippen LogP contribution is -1.95. The predicted molar refractivity (Wildman–Crippen MR) is 66.2 cm³/mol. The molecule has 1 aromatic rings. The summed E-state index contributed by atoms with van der Waals surface area (Å²) < 4.78 is 5.50. The monoisotopic (exact) mass is 226 g/mol. The minimum absolute atomic E-state index is 0.107. The molecule has 0 saturated heterocycles. The molecule has 0 aliphatic heterocycles. The van der Waals surface area contributed by atoms with E-state index in [0.29, 0.717) is 6.61 Å². The Morgan fingerprint density at radius 1 is 1.35 bits per heavy atom. The Morgan fingerprint density at radius 2 is 2.06 bits per heavy atom. The number of allylic oxidation sites excluding steroid dienone is 1. The van der Waals surface area contributed by atoms with Crippen LogP contribution in [0.3, 0.4) is 0 Å². The summed E-state index contributed by atoms with van der Waals surface area (Å²) in [5.41, 5.74) is 1.96. The van der Waals surface area contributed by atoms with Gasteiger partial charge in [0.15, 0.2) is 0 Å². The summed E-state index contributed by atoms with van der Waals surface area (Å²) in [6.07, 6.45) is 2.55. The number of benzene rings is 1. The molecule has 0 atom stereocenters. The van der Waals surface area contributed by atoms with Crippen molar-refractivity contribution in [3.63, 3.8) is 0 Å². The Bertz CT molecular complexity index is 488. The molecule has 17 heavy (non-hydrogen) atoms. The van der Waals surface area contributed by atoms with E-state index in [0.717, 1.165) is 23.3 Å². The van der Waals surface area contributed by atoms with Crippen molar-refractivity contribution >= 4 is 6.08 Å². The van der Waals surface area contributed by atoms with Crippen LogP contribution in [0.2, 0.25) is 0 Å². The van der Waals surface area contributed by atoms with Crippen LogP contribution in [-0.2, 0) is 0 Å². The Labute approximate surface area is 102 Å². The largest absolute Gasteiger partial charge is 0.494 e. The highest BCUT2D eigenvalue weighted by Gasteiger charge is 2.00. The van der Waals surface area contributed by atoms with Gasteiger partial charge in [-0.05, 0) is 42.7 Å². The van der Waals surface area contributed by atoms with Crippen molar-refractivity contribution in [3.05, 3.63) is 34.9 Å². The molecule has 86 valence electrons. The molecule has 0 bridgehead atoms. The molecule has 0 fully saturated rings. The van der Waals surface area contributed by atoms with Crippen molar-refractivity contribution in [1.29, 1.82) is 10.5 Å². The lowest BCUT2D eigenvalue weighted by atomic mass is 10.1. The maximum absolute atomic E-state index is 8.68. The van der Waals surface area contributed by atoms with E-state index in [1.54, 1.807) is 6.08 Å². The third kappa shape index (κ3) is 3.66. The van der Waals surface area contributed by atoms with Gasteiger partial charge in [0.25, 0.3) is 0 Å². The number of aryl methyl sites for hydroxylation is 1. The molecule has 0 heterocycles. The van der Waals surface area contributed by atoms with E-state index in [-0.39, 0.29) is 5.57 Å². The standard InChI is InChI=1S/C14H14N2O/c1-3-6-17-14-5-4-13(11(2)7-14)8-12(9-15)10-16/h4-5,7-8H,3,6H2,1-2H3. The molecule has 1 rings (SSSR count). The fraction of sp³-hybridized carbons (Fsp3) is 0.286. The van der Waals surface area contributed by atoms with Crippen LogP contribution in [0, 0.1) is 29.6 Å². The summed E-state index contributed by atoms with van der Waals surface area (Å²) >= 11 is 0. The fourth-order valence-electron chi connectivity index (χ4n) is 1.36. The topological polar surface area (TPSA) is 56.8 Å². The van der Waals surface area contributed by atoms with Crippen LogP contribution in [0.25, 0.3) is 6.08 Å². The fourth-order valence-corrected chi connectivity index (χ4v) is 1.36. The van der Waals surface area contributed by atoms with Gasteiger partial charge in [0, 0.05) is 0 Å². The zero-order valence-corrected chi connectivity index (χ0v) is 10.0. The summed E-state index contributed by atoms with van der Waals surface area (Å²) in [5, 5.41) is 17.4. The normalized spacial score (nSPS) is 8.94. The van der Waals surface area contributed by atoms with Crippen LogP contribution in [0.1, 0.15) is 24.5 Å². The van der Waals surface area contributed by atoms with Gasteiger partial charge in [0.05, 0.1) is 6.61 Å². The molecule has 0 N–H and O–H groups in total. The molecule has 0 amide bonds. The van der Waals surface area contributed by atoms with Gasteiger partial charge < -0.3 is 4.74 Å². The number of ether oxygens (including phenoxy) is 1. The Morgan fingerprint density at radius 3 is 2.59 bits per heavy atom. The molecule has 3 heteroatoms. The first kappa shape index (κ1) is 12.8. The second-order valence-corrected chi connectivity index (χ2v) is 3.65. The van der Waals surface area contributed by atoms with Crippen molar-refractivity contribution in [3.8, 4) is 17.9 Å². The highest BCUT2D eigenvalue weighted by Crippen LogP contribution is 2.19. The lowest BCUT2D eigenvalue weighted by molar-refractivity contribution is 0.317. The number of hydrogen-bond donors (Lipinski definition) is 0. The van der Waals surface area contributed by atoms with Crippen LogP contribution in [-0.4, -0.2) is 6.61 Å². The summed E-state index contributed by atoms with van der Waals surface area (Å²) in [5.74, 6) is 0.817. The molecule has 3 nitrogen and oxygen atoms in total. The first-order valence-corrected chi connectivity index (χ1v) is 5.46. The SMILES string of the molecule is CCCOc1ccc(C=C(C#N)C#N)c(C)c1. The minimum atomic E-state index is 0.107. The van der Waals surface area contributed by atoms with E-state index in [1.165, 1.54) is 0 Å². The average molecular weight is 226 g/mol. The smallest absolute Gasteiger partial charge is 0.130 e. The van der Waals surface area contributed by atoms with Gasteiger partial charge in [-0.3, -0.25) is 0 Å². The van der Waals surface area contributed by atoms with Crippen LogP contribution in [0.4, 0.5) is 0 Å². The van der Waals surface area contributed by atoms with E-state index in [1.807, 2.05) is 37.3 Å². The average Bonchev–Trinajstić information content (AvgIpc) is 2.35. The van der Waals surface area contributed by atoms with E-state index in [2.05, 4.69) is 6.92 Å². The van der Waals surface area contributed by atoms with E-state index >= 15 is 0 Å². The van der Waals surface area contributed by atoms with Crippen molar-refractivity contribution in [2.45, 2.75) is 20.3 Å². The van der Waals surface area contributed by atoms with Crippen molar-refractivity contribution in [2.75, 3.05) is 6.61 Å². The van der Waals surface area contributed by atoms with Gasteiger partial charge in [-0.1, -0.05) is 13.0 Å². The van der Waals surface area contributed by atoms with Gasteiger partial charge in [0.1, 0.15) is 23.5 Å². The summed E-state index contributed by atoms with van der Waals surface area (Å²) in [6.45, 7) is 4.67. The van der Waals surface area contributed by atoms with E-state index in [9.17, 15) is 0 Å². The second kappa shape index (κ2) is 6.35. The van der Waals surface area contributed by atoms with Crippen LogP contribution in [0.15, 0.2) is 23.8 Å². The van der Waals surface area contributed by atoms with Gasteiger partial charge >= 0.3 is 0 Å². The Hall–Kier alpha value is -2.26. The molecule has 0 aromatic heterocycles. The van der Waals surface area contributed by atoms with Gasteiger partial charge in [0.2, 0.25) is 0 Å². The van der Waals surface area contributed by atoms with Gasteiger partial charge in [-0.2, -0.15) is 10.5 Å². The first-order chi connectivity index (χ1) is 8.21. The van der Waals surface area contributed by atoms with Crippen molar-refractivity contribution < 1.29 is 4.74 Å². The van der Waals surface area contributed by atoms with Crippen LogP contribution in [0.5, 0.6) is 5.75 Å². The van der Waals surface area contributed by atoms with Gasteiger partial charge in [-0.15, -0.1) is 0 Å². The molecule has 0 unspecified atom stereocenters. The number of rotatable bonds is 4. The van der Waals surface area contributed by atoms with Crippen LogP contribution < -0.4 is 4.74 Å². The van der Waals surface area contributed by atoms with E-state index in [4.69, 9.17) is 15.3 Å². The van der Waals surface area contributed by atoms with Crippen molar-refractivity contribution in [1.82, 2.24) is 0 Å². The summed E-state index contributed by atoms with van der Waals surface area (Å²) in [7, 11) is 0. The molecule has 0 spiro atoms. The van der Waals surface area contributed by atoms with E-state index < -0.39 is 0 Å². The molecule has 1 aromatic carbocycles. The quantitative estimate of drug-likeness (QED) is 0.740. The maximum Gasteiger partial charge on any atom is 0.130 e.